The third-order valence-corrected chi connectivity index (χ3v) is 3.28. The van der Waals surface area contributed by atoms with Gasteiger partial charge in [-0.1, -0.05) is 42.7 Å². The first kappa shape index (κ1) is 15.0. The van der Waals surface area contributed by atoms with Crippen LogP contribution in [0.2, 0.25) is 5.02 Å². The van der Waals surface area contributed by atoms with Gasteiger partial charge in [-0.25, -0.2) is 0 Å². The zero-order chi connectivity index (χ0) is 14.5. The molecule has 4 nitrogen and oxygen atoms in total. The topological polar surface area (TPSA) is 51.0 Å². The fourth-order valence-corrected chi connectivity index (χ4v) is 2.05. The molecule has 0 bridgehead atoms. The maximum Gasteiger partial charge on any atom is 0.240 e. The molecule has 0 saturated heterocycles. The number of halogens is 1. The lowest BCUT2D eigenvalue weighted by Crippen LogP contribution is -2.18. The Balaban J connectivity index is 1.88. The number of rotatable bonds is 6. The predicted octanol–water partition coefficient (Wildman–Crippen LogP) is 3.77. The van der Waals surface area contributed by atoms with E-state index in [9.17, 15) is 0 Å². The Kier molecular flexibility index (Phi) is 5.15. The quantitative estimate of drug-likeness (QED) is 0.881. The van der Waals surface area contributed by atoms with E-state index in [2.05, 4.69) is 36.2 Å². The van der Waals surface area contributed by atoms with Crippen molar-refractivity contribution >= 4 is 11.6 Å². The highest BCUT2D eigenvalue weighted by Gasteiger charge is 2.10. The first-order valence-corrected chi connectivity index (χ1v) is 7.22. The third-order valence-electron chi connectivity index (χ3n) is 3.03. The minimum Gasteiger partial charge on any atom is -0.338 e. The van der Waals surface area contributed by atoms with Gasteiger partial charge in [0, 0.05) is 17.5 Å². The van der Waals surface area contributed by atoms with Gasteiger partial charge in [0.2, 0.25) is 5.89 Å². The summed E-state index contributed by atoms with van der Waals surface area (Å²) in [6.45, 7) is 6.93. The van der Waals surface area contributed by atoms with Crippen molar-refractivity contribution in [3.05, 3.63) is 46.6 Å². The maximum absolute atomic E-state index is 5.88. The molecule has 0 aliphatic carbocycles. The molecule has 108 valence electrons. The molecular weight excluding hydrogens is 274 g/mol. The Hall–Kier alpha value is -1.39. The van der Waals surface area contributed by atoms with Crippen molar-refractivity contribution in [1.29, 1.82) is 0 Å². The lowest BCUT2D eigenvalue weighted by atomic mass is 10.1. The van der Waals surface area contributed by atoms with Gasteiger partial charge in [-0.15, -0.1) is 0 Å². The average molecular weight is 294 g/mol. The largest absolute Gasteiger partial charge is 0.338 e. The maximum atomic E-state index is 5.88. The van der Waals surface area contributed by atoms with Crippen LogP contribution in [0.5, 0.6) is 0 Å². The predicted molar refractivity (Wildman–Crippen MR) is 79.5 cm³/mol. The van der Waals surface area contributed by atoms with Crippen LogP contribution in [0.1, 0.15) is 44.1 Å². The minimum atomic E-state index is 0.202. The molecule has 1 heterocycles. The van der Waals surface area contributed by atoms with Crippen LogP contribution in [0, 0.1) is 5.92 Å². The van der Waals surface area contributed by atoms with Gasteiger partial charge in [-0.05, 0) is 30.5 Å². The van der Waals surface area contributed by atoms with E-state index < -0.39 is 0 Å². The SMILES string of the molecule is CC(C)Cc1noc(CNC(C)c2ccc(Cl)cc2)n1. The second-order valence-electron chi connectivity index (χ2n) is 5.36. The molecule has 2 rings (SSSR count). The molecule has 0 amide bonds. The molecule has 5 heteroatoms. The molecule has 0 spiro atoms. The molecule has 1 aromatic heterocycles. The number of hydrogen-bond donors (Lipinski definition) is 1. The van der Waals surface area contributed by atoms with Crippen molar-refractivity contribution in [2.45, 2.75) is 39.8 Å². The van der Waals surface area contributed by atoms with Crippen molar-refractivity contribution in [3.63, 3.8) is 0 Å². The van der Waals surface area contributed by atoms with E-state index in [0.29, 0.717) is 18.4 Å². The fraction of sp³-hybridized carbons (Fsp3) is 0.467. The van der Waals surface area contributed by atoms with Gasteiger partial charge in [0.25, 0.3) is 0 Å². The van der Waals surface area contributed by atoms with Gasteiger partial charge in [0.1, 0.15) is 0 Å². The van der Waals surface area contributed by atoms with Crippen LogP contribution in [-0.2, 0) is 13.0 Å². The molecule has 0 saturated carbocycles. The van der Waals surface area contributed by atoms with Crippen molar-refractivity contribution in [2.75, 3.05) is 0 Å². The normalized spacial score (nSPS) is 12.8. The van der Waals surface area contributed by atoms with Crippen molar-refractivity contribution in [2.24, 2.45) is 5.92 Å². The molecule has 0 aliphatic rings. The Labute approximate surface area is 124 Å². The van der Waals surface area contributed by atoms with Crippen LogP contribution in [0.3, 0.4) is 0 Å². The molecule has 0 aliphatic heterocycles. The van der Waals surface area contributed by atoms with E-state index in [1.807, 2.05) is 24.3 Å². The Bertz CT molecular complexity index is 536. The van der Waals surface area contributed by atoms with Gasteiger partial charge in [0.05, 0.1) is 6.54 Å². The second kappa shape index (κ2) is 6.86. The van der Waals surface area contributed by atoms with Crippen molar-refractivity contribution < 1.29 is 4.52 Å². The minimum absolute atomic E-state index is 0.202. The highest BCUT2D eigenvalue weighted by Crippen LogP contribution is 2.16. The molecular formula is C15H20ClN3O. The molecule has 0 fully saturated rings. The summed E-state index contributed by atoms with van der Waals surface area (Å²) in [5.74, 6) is 1.93. The first-order chi connectivity index (χ1) is 9.54. The molecule has 20 heavy (non-hydrogen) atoms. The Morgan fingerprint density at radius 3 is 2.55 bits per heavy atom. The van der Waals surface area contributed by atoms with E-state index in [-0.39, 0.29) is 6.04 Å². The summed E-state index contributed by atoms with van der Waals surface area (Å²) in [6, 6.07) is 8.01. The second-order valence-corrected chi connectivity index (χ2v) is 5.79. The van der Waals surface area contributed by atoms with Gasteiger partial charge >= 0.3 is 0 Å². The number of aromatic nitrogens is 2. The summed E-state index contributed by atoms with van der Waals surface area (Å²) in [5, 5.41) is 8.08. The third kappa shape index (κ3) is 4.32. The Morgan fingerprint density at radius 2 is 1.90 bits per heavy atom. The summed E-state index contributed by atoms with van der Waals surface area (Å²) < 4.78 is 5.23. The summed E-state index contributed by atoms with van der Waals surface area (Å²) in [5.41, 5.74) is 1.18. The number of hydrogen-bond acceptors (Lipinski definition) is 4. The molecule has 1 N–H and O–H groups in total. The summed E-state index contributed by atoms with van der Waals surface area (Å²) in [7, 11) is 0. The average Bonchev–Trinajstić information content (AvgIpc) is 2.83. The zero-order valence-corrected chi connectivity index (χ0v) is 12.8. The summed E-state index contributed by atoms with van der Waals surface area (Å²) >= 11 is 5.88. The lowest BCUT2D eigenvalue weighted by molar-refractivity contribution is 0.354. The molecule has 0 radical (unpaired) electrons. The smallest absolute Gasteiger partial charge is 0.240 e. The number of benzene rings is 1. The van der Waals surface area contributed by atoms with Gasteiger partial charge in [-0.3, -0.25) is 0 Å². The number of nitrogens with zero attached hydrogens (tertiary/aromatic N) is 2. The van der Waals surface area contributed by atoms with Crippen LogP contribution >= 0.6 is 11.6 Å². The van der Waals surface area contributed by atoms with E-state index in [1.54, 1.807) is 0 Å². The van der Waals surface area contributed by atoms with Crippen LogP contribution in [0.4, 0.5) is 0 Å². The standard InChI is InChI=1S/C15H20ClN3O/c1-10(2)8-14-18-15(20-19-14)9-17-11(3)12-4-6-13(16)7-5-12/h4-7,10-11,17H,8-9H2,1-3H3. The van der Waals surface area contributed by atoms with E-state index in [1.165, 1.54) is 5.56 Å². The molecule has 1 aromatic carbocycles. The van der Waals surface area contributed by atoms with Crippen LogP contribution in [-0.4, -0.2) is 10.1 Å². The molecule has 2 aromatic rings. The van der Waals surface area contributed by atoms with E-state index >= 15 is 0 Å². The van der Waals surface area contributed by atoms with E-state index in [0.717, 1.165) is 17.3 Å². The van der Waals surface area contributed by atoms with Crippen LogP contribution in [0.25, 0.3) is 0 Å². The zero-order valence-electron chi connectivity index (χ0n) is 12.1. The van der Waals surface area contributed by atoms with Gasteiger partial charge in [0.15, 0.2) is 5.82 Å². The highest BCUT2D eigenvalue weighted by atomic mass is 35.5. The lowest BCUT2D eigenvalue weighted by Gasteiger charge is -2.12. The van der Waals surface area contributed by atoms with Crippen LogP contribution < -0.4 is 5.32 Å². The Morgan fingerprint density at radius 1 is 1.20 bits per heavy atom. The highest BCUT2D eigenvalue weighted by molar-refractivity contribution is 6.30. The number of nitrogens with one attached hydrogen (secondary N) is 1. The first-order valence-electron chi connectivity index (χ1n) is 6.85. The van der Waals surface area contributed by atoms with Crippen LogP contribution in [0.15, 0.2) is 28.8 Å². The van der Waals surface area contributed by atoms with E-state index in [4.69, 9.17) is 16.1 Å². The van der Waals surface area contributed by atoms with Crippen molar-refractivity contribution in [3.8, 4) is 0 Å². The summed E-state index contributed by atoms with van der Waals surface area (Å²) in [6.07, 6.45) is 0.843. The summed E-state index contributed by atoms with van der Waals surface area (Å²) in [4.78, 5) is 4.37. The molecule has 1 atom stereocenters. The molecule has 1 unspecified atom stereocenters. The monoisotopic (exact) mass is 293 g/mol. The van der Waals surface area contributed by atoms with Gasteiger partial charge in [-0.2, -0.15) is 4.98 Å². The van der Waals surface area contributed by atoms with Gasteiger partial charge < -0.3 is 9.84 Å². The fourth-order valence-electron chi connectivity index (χ4n) is 1.92. The van der Waals surface area contributed by atoms with Crippen molar-refractivity contribution in [1.82, 2.24) is 15.5 Å².